The molecule has 0 amide bonds. The number of hydrogen-bond donors (Lipinski definition) is 2. The topological polar surface area (TPSA) is 75.6 Å². The first-order chi connectivity index (χ1) is 14.0. The van der Waals surface area contributed by atoms with Crippen LogP contribution in [0, 0.1) is 3.57 Å². The number of esters is 1. The molecule has 3 aromatic carbocycles. The number of halogens is 1. The molecule has 0 saturated carbocycles. The minimum Gasteiger partial charge on any atom is -0.478 e. The van der Waals surface area contributed by atoms with Crippen LogP contribution in [0.2, 0.25) is 0 Å². The Bertz CT molecular complexity index is 1040. The Morgan fingerprint density at radius 3 is 2.17 bits per heavy atom. The number of aromatic carboxylic acids is 1. The second kappa shape index (κ2) is 8.24. The molecule has 1 aliphatic rings. The van der Waals surface area contributed by atoms with Gasteiger partial charge in [-0.2, -0.15) is 0 Å². The van der Waals surface area contributed by atoms with E-state index in [-0.39, 0.29) is 11.5 Å². The number of anilines is 1. The Kier molecular flexibility index (Phi) is 5.53. The molecule has 0 aliphatic carbocycles. The van der Waals surface area contributed by atoms with Gasteiger partial charge in [0.15, 0.2) is 0 Å². The van der Waals surface area contributed by atoms with Gasteiger partial charge in [0.25, 0.3) is 0 Å². The fraction of sp³-hybridized carbons (Fsp3) is 0.130. The molecule has 3 aromatic rings. The van der Waals surface area contributed by atoms with Crippen molar-refractivity contribution in [2.45, 2.75) is 18.1 Å². The third-order valence-corrected chi connectivity index (χ3v) is 5.69. The number of carbonyl (C=O) groups excluding carboxylic acids is 1. The largest absolute Gasteiger partial charge is 0.478 e. The normalized spacial score (nSPS) is 20.9. The molecule has 0 bridgehead atoms. The van der Waals surface area contributed by atoms with E-state index in [1.54, 1.807) is 12.1 Å². The summed E-state index contributed by atoms with van der Waals surface area (Å²) in [4.78, 5) is 24.6. The molecule has 1 heterocycles. The molecule has 0 radical (unpaired) electrons. The highest BCUT2D eigenvalue weighted by Gasteiger charge is 2.46. The number of carboxylic acid groups (broad SMARTS) is 1. The first kappa shape index (κ1) is 19.4. The number of nitrogens with one attached hydrogen (secondary N) is 1. The molecular weight excluding hydrogens is 481 g/mol. The van der Waals surface area contributed by atoms with Crippen LogP contribution in [0.5, 0.6) is 0 Å². The summed E-state index contributed by atoms with van der Waals surface area (Å²) in [7, 11) is 0. The highest BCUT2D eigenvalue weighted by molar-refractivity contribution is 14.1. The van der Waals surface area contributed by atoms with Crippen molar-refractivity contribution in [2.24, 2.45) is 0 Å². The maximum Gasteiger partial charge on any atom is 0.337 e. The van der Waals surface area contributed by atoms with Gasteiger partial charge in [0.05, 0.1) is 11.5 Å². The van der Waals surface area contributed by atoms with Gasteiger partial charge in [-0.1, -0.05) is 60.7 Å². The Hall–Kier alpha value is -2.87. The smallest absolute Gasteiger partial charge is 0.337 e. The third kappa shape index (κ3) is 3.98. The summed E-state index contributed by atoms with van der Waals surface area (Å²) in [5, 5.41) is 12.7. The standard InChI is InChI=1S/C23H18INO4/c24-16-11-12-18(17(13-16)22(26)27)25-20-19(14-7-3-1-4-8-14)21(29-23(20)28)15-9-5-2-6-10-15/h1-13,19-21,25H,(H,26,27)/t19-,20-,21+/m1/s1. The molecule has 29 heavy (non-hydrogen) atoms. The lowest BCUT2D eigenvalue weighted by Gasteiger charge is -2.23. The van der Waals surface area contributed by atoms with Crippen LogP contribution in [-0.2, 0) is 9.53 Å². The zero-order valence-corrected chi connectivity index (χ0v) is 17.4. The average Bonchev–Trinajstić information content (AvgIpc) is 3.06. The van der Waals surface area contributed by atoms with Gasteiger partial charge < -0.3 is 15.2 Å². The Morgan fingerprint density at radius 1 is 0.931 bits per heavy atom. The maximum absolute atomic E-state index is 12.9. The molecule has 6 heteroatoms. The lowest BCUT2D eigenvalue weighted by molar-refractivity contribution is -0.142. The number of benzene rings is 3. The molecule has 146 valence electrons. The lowest BCUT2D eigenvalue weighted by Crippen LogP contribution is -2.31. The predicted molar refractivity (Wildman–Crippen MR) is 118 cm³/mol. The van der Waals surface area contributed by atoms with E-state index in [1.165, 1.54) is 0 Å². The van der Waals surface area contributed by atoms with Crippen LogP contribution in [0.1, 0.15) is 33.5 Å². The maximum atomic E-state index is 12.9. The molecular formula is C23H18INO4. The molecule has 4 rings (SSSR count). The summed E-state index contributed by atoms with van der Waals surface area (Å²) in [5.41, 5.74) is 2.38. The number of carbonyl (C=O) groups is 2. The molecule has 0 spiro atoms. The van der Waals surface area contributed by atoms with E-state index in [1.807, 2.05) is 66.7 Å². The highest BCUT2D eigenvalue weighted by atomic mass is 127. The summed E-state index contributed by atoms with van der Waals surface area (Å²) >= 11 is 2.07. The average molecular weight is 499 g/mol. The summed E-state index contributed by atoms with van der Waals surface area (Å²) < 4.78 is 6.58. The molecule has 5 nitrogen and oxygen atoms in total. The van der Waals surface area contributed by atoms with E-state index in [4.69, 9.17) is 4.74 Å². The molecule has 2 N–H and O–H groups in total. The van der Waals surface area contributed by atoms with Crippen molar-refractivity contribution in [1.82, 2.24) is 0 Å². The van der Waals surface area contributed by atoms with Crippen LogP contribution < -0.4 is 5.32 Å². The van der Waals surface area contributed by atoms with Crippen molar-refractivity contribution in [3.8, 4) is 0 Å². The van der Waals surface area contributed by atoms with Crippen molar-refractivity contribution < 1.29 is 19.4 Å². The van der Waals surface area contributed by atoms with Crippen molar-refractivity contribution in [1.29, 1.82) is 0 Å². The predicted octanol–water partition coefficient (Wildman–Crippen LogP) is 4.85. The van der Waals surface area contributed by atoms with Crippen molar-refractivity contribution >= 4 is 40.2 Å². The van der Waals surface area contributed by atoms with E-state index in [0.717, 1.165) is 14.7 Å². The number of hydrogen-bond acceptors (Lipinski definition) is 4. The van der Waals surface area contributed by atoms with Crippen molar-refractivity contribution in [2.75, 3.05) is 5.32 Å². The Balaban J connectivity index is 1.76. The second-order valence-electron chi connectivity index (χ2n) is 6.82. The summed E-state index contributed by atoms with van der Waals surface area (Å²) in [6.07, 6.45) is -0.458. The molecule has 0 unspecified atom stereocenters. The zero-order valence-electron chi connectivity index (χ0n) is 15.3. The minimum absolute atomic E-state index is 0.125. The van der Waals surface area contributed by atoms with E-state index >= 15 is 0 Å². The van der Waals surface area contributed by atoms with Crippen LogP contribution in [0.25, 0.3) is 0 Å². The van der Waals surface area contributed by atoms with Gasteiger partial charge in [-0.25, -0.2) is 9.59 Å². The molecule has 1 aliphatic heterocycles. The Morgan fingerprint density at radius 2 is 1.55 bits per heavy atom. The van der Waals surface area contributed by atoms with Gasteiger partial charge in [-0.05, 0) is 51.9 Å². The van der Waals surface area contributed by atoms with Gasteiger partial charge in [0.2, 0.25) is 0 Å². The van der Waals surface area contributed by atoms with Crippen LogP contribution >= 0.6 is 22.6 Å². The molecule has 1 saturated heterocycles. The van der Waals surface area contributed by atoms with E-state index < -0.39 is 24.1 Å². The van der Waals surface area contributed by atoms with Gasteiger partial charge >= 0.3 is 11.9 Å². The van der Waals surface area contributed by atoms with Crippen LogP contribution in [0.3, 0.4) is 0 Å². The first-order valence-electron chi connectivity index (χ1n) is 9.14. The SMILES string of the molecule is O=C(O)c1cc(I)ccc1N[C@H]1C(=O)O[C@@H](c2ccccc2)[C@@H]1c1ccccc1. The van der Waals surface area contributed by atoms with Gasteiger partial charge in [0, 0.05) is 9.26 Å². The third-order valence-electron chi connectivity index (χ3n) is 5.02. The van der Waals surface area contributed by atoms with E-state index in [2.05, 4.69) is 27.9 Å². The highest BCUT2D eigenvalue weighted by Crippen LogP contribution is 2.43. The summed E-state index contributed by atoms with van der Waals surface area (Å²) in [5.74, 6) is -1.75. The molecule has 1 fully saturated rings. The first-order valence-corrected chi connectivity index (χ1v) is 10.2. The fourth-order valence-corrected chi connectivity index (χ4v) is 4.18. The van der Waals surface area contributed by atoms with E-state index in [0.29, 0.717) is 5.69 Å². The van der Waals surface area contributed by atoms with Crippen LogP contribution in [0.4, 0.5) is 5.69 Å². The van der Waals surface area contributed by atoms with E-state index in [9.17, 15) is 14.7 Å². The zero-order chi connectivity index (χ0) is 20.4. The summed E-state index contributed by atoms with van der Waals surface area (Å²) in [6.45, 7) is 0. The Labute approximate surface area is 181 Å². The van der Waals surface area contributed by atoms with Crippen LogP contribution in [0.15, 0.2) is 78.9 Å². The number of ether oxygens (including phenoxy) is 1. The van der Waals surface area contributed by atoms with Crippen molar-refractivity contribution in [3.63, 3.8) is 0 Å². The second-order valence-corrected chi connectivity index (χ2v) is 8.07. The quantitative estimate of drug-likeness (QED) is 0.388. The van der Waals surface area contributed by atoms with Gasteiger partial charge in [-0.3, -0.25) is 0 Å². The van der Waals surface area contributed by atoms with Gasteiger partial charge in [-0.15, -0.1) is 0 Å². The van der Waals surface area contributed by atoms with Crippen LogP contribution in [-0.4, -0.2) is 23.1 Å². The molecule has 0 aromatic heterocycles. The number of cyclic esters (lactones) is 1. The number of carboxylic acids is 1. The monoisotopic (exact) mass is 499 g/mol. The fourth-order valence-electron chi connectivity index (χ4n) is 3.69. The van der Waals surface area contributed by atoms with Crippen molar-refractivity contribution in [3.05, 3.63) is 99.1 Å². The minimum atomic E-state index is -1.05. The summed E-state index contributed by atoms with van der Waals surface area (Å²) in [6, 6.07) is 23.7. The van der Waals surface area contributed by atoms with Gasteiger partial charge in [0.1, 0.15) is 12.1 Å². The molecule has 3 atom stereocenters. The number of rotatable bonds is 5. The lowest BCUT2D eigenvalue weighted by atomic mass is 9.85.